The fraction of sp³-hybridized carbons (Fsp3) is 0.833. The van der Waals surface area contributed by atoms with Crippen molar-refractivity contribution in [3.63, 3.8) is 0 Å². The Morgan fingerprint density at radius 1 is 1.12 bits per heavy atom. The number of carbonyl (C=O) groups excluding carboxylic acids is 1. The maximum atomic E-state index is 12.3. The summed E-state index contributed by atoms with van der Waals surface area (Å²) in [6.45, 7) is 6.53. The molecule has 2 heterocycles. The van der Waals surface area contributed by atoms with Gasteiger partial charge in [-0.05, 0) is 18.4 Å². The van der Waals surface area contributed by atoms with Crippen LogP contribution in [0.4, 0.5) is 0 Å². The second-order valence-corrected chi connectivity index (χ2v) is 5.41. The van der Waals surface area contributed by atoms with Crippen LogP contribution in [0, 0.1) is 23.7 Å². The molecule has 2 unspecified atom stereocenters. The molecule has 96 valence electrons. The van der Waals surface area contributed by atoms with Gasteiger partial charge in [0.15, 0.2) is 0 Å². The number of aliphatic carboxylic acids is 1. The number of amides is 1. The molecule has 0 saturated carbocycles. The van der Waals surface area contributed by atoms with E-state index in [0.29, 0.717) is 19.0 Å². The second-order valence-electron chi connectivity index (χ2n) is 5.41. The highest BCUT2D eigenvalue weighted by Gasteiger charge is 2.40. The Morgan fingerprint density at radius 3 is 2.29 bits per heavy atom. The zero-order valence-electron chi connectivity index (χ0n) is 10.3. The van der Waals surface area contributed by atoms with Crippen molar-refractivity contribution in [3.8, 4) is 0 Å². The largest absolute Gasteiger partial charge is 0.481 e. The summed E-state index contributed by atoms with van der Waals surface area (Å²) in [6, 6.07) is 0. The Morgan fingerprint density at radius 2 is 1.82 bits per heavy atom. The maximum absolute atomic E-state index is 12.3. The number of hydrogen-bond donors (Lipinski definition) is 2. The Bertz CT molecular complexity index is 332. The lowest BCUT2D eigenvalue weighted by atomic mass is 9.97. The van der Waals surface area contributed by atoms with Crippen molar-refractivity contribution in [2.24, 2.45) is 23.7 Å². The third-order valence-electron chi connectivity index (χ3n) is 4.08. The SMILES string of the molecule is CC1CN(C(=O)[C@@H]2CNC[C@H]2C)CC1C(=O)O. The van der Waals surface area contributed by atoms with Crippen molar-refractivity contribution >= 4 is 11.9 Å². The van der Waals surface area contributed by atoms with Gasteiger partial charge >= 0.3 is 5.97 Å². The van der Waals surface area contributed by atoms with Crippen molar-refractivity contribution < 1.29 is 14.7 Å². The second kappa shape index (κ2) is 4.64. The summed E-state index contributed by atoms with van der Waals surface area (Å²) in [6.07, 6.45) is 0. The number of nitrogens with zero attached hydrogens (tertiary/aromatic N) is 1. The Hall–Kier alpha value is -1.10. The Balaban J connectivity index is 2.00. The number of carboxylic acid groups (broad SMARTS) is 1. The van der Waals surface area contributed by atoms with Crippen LogP contribution in [0.1, 0.15) is 13.8 Å². The van der Waals surface area contributed by atoms with E-state index in [1.54, 1.807) is 4.90 Å². The van der Waals surface area contributed by atoms with Crippen LogP contribution in [0.25, 0.3) is 0 Å². The van der Waals surface area contributed by atoms with Gasteiger partial charge in [-0.25, -0.2) is 0 Å². The Labute approximate surface area is 101 Å². The van der Waals surface area contributed by atoms with Crippen LogP contribution >= 0.6 is 0 Å². The summed E-state index contributed by atoms with van der Waals surface area (Å²) in [5, 5.41) is 12.3. The van der Waals surface area contributed by atoms with Crippen molar-refractivity contribution in [3.05, 3.63) is 0 Å². The van der Waals surface area contributed by atoms with Gasteiger partial charge < -0.3 is 15.3 Å². The van der Waals surface area contributed by atoms with Gasteiger partial charge in [-0.2, -0.15) is 0 Å². The molecular weight excluding hydrogens is 220 g/mol. The molecule has 0 aromatic rings. The van der Waals surface area contributed by atoms with Gasteiger partial charge in [0, 0.05) is 19.6 Å². The molecule has 2 aliphatic rings. The van der Waals surface area contributed by atoms with E-state index in [0.717, 1.165) is 13.1 Å². The average molecular weight is 240 g/mol. The topological polar surface area (TPSA) is 69.6 Å². The smallest absolute Gasteiger partial charge is 0.308 e. The molecule has 0 spiro atoms. The lowest BCUT2D eigenvalue weighted by molar-refractivity contribution is -0.142. The Kier molecular flexibility index (Phi) is 3.38. The zero-order chi connectivity index (χ0) is 12.6. The lowest BCUT2D eigenvalue weighted by Crippen LogP contribution is -2.37. The first-order chi connectivity index (χ1) is 8.00. The summed E-state index contributed by atoms with van der Waals surface area (Å²) in [4.78, 5) is 25.0. The van der Waals surface area contributed by atoms with Crippen molar-refractivity contribution in [1.82, 2.24) is 10.2 Å². The maximum Gasteiger partial charge on any atom is 0.308 e. The van der Waals surface area contributed by atoms with Crippen LogP contribution in [0.2, 0.25) is 0 Å². The van der Waals surface area contributed by atoms with Gasteiger partial charge in [-0.3, -0.25) is 9.59 Å². The van der Waals surface area contributed by atoms with Gasteiger partial charge in [0.25, 0.3) is 0 Å². The predicted octanol–water partition coefficient (Wildman–Crippen LogP) is 0.0210. The van der Waals surface area contributed by atoms with Crippen LogP contribution in [-0.4, -0.2) is 48.1 Å². The third-order valence-corrected chi connectivity index (χ3v) is 4.08. The summed E-state index contributed by atoms with van der Waals surface area (Å²) in [5.41, 5.74) is 0. The molecular formula is C12H20N2O3. The van der Waals surface area contributed by atoms with Crippen molar-refractivity contribution in [2.75, 3.05) is 26.2 Å². The normalized spacial score (nSPS) is 37.4. The molecule has 2 aliphatic heterocycles. The van der Waals surface area contributed by atoms with E-state index in [4.69, 9.17) is 5.11 Å². The fourth-order valence-corrected chi connectivity index (χ4v) is 2.84. The number of likely N-dealkylation sites (tertiary alicyclic amines) is 1. The summed E-state index contributed by atoms with van der Waals surface area (Å²) < 4.78 is 0. The molecule has 0 aromatic heterocycles. The van der Waals surface area contributed by atoms with E-state index < -0.39 is 11.9 Å². The first-order valence-corrected chi connectivity index (χ1v) is 6.23. The quantitative estimate of drug-likeness (QED) is 0.714. The summed E-state index contributed by atoms with van der Waals surface area (Å²) in [7, 11) is 0. The minimum absolute atomic E-state index is 0.0229. The number of carboxylic acids is 1. The van der Waals surface area contributed by atoms with E-state index in [2.05, 4.69) is 12.2 Å². The molecule has 2 N–H and O–H groups in total. The van der Waals surface area contributed by atoms with Gasteiger partial charge in [-0.1, -0.05) is 13.8 Å². The number of carbonyl (C=O) groups is 2. The molecule has 4 atom stereocenters. The molecule has 0 radical (unpaired) electrons. The van der Waals surface area contributed by atoms with E-state index in [-0.39, 0.29) is 17.7 Å². The molecule has 0 bridgehead atoms. The molecule has 0 aromatic carbocycles. The van der Waals surface area contributed by atoms with Gasteiger partial charge in [-0.15, -0.1) is 0 Å². The minimum Gasteiger partial charge on any atom is -0.481 e. The fourth-order valence-electron chi connectivity index (χ4n) is 2.84. The molecule has 2 fully saturated rings. The van der Waals surface area contributed by atoms with Gasteiger partial charge in [0.2, 0.25) is 5.91 Å². The molecule has 5 nitrogen and oxygen atoms in total. The number of nitrogens with one attached hydrogen (secondary N) is 1. The highest BCUT2D eigenvalue weighted by atomic mass is 16.4. The predicted molar refractivity (Wildman–Crippen MR) is 62.4 cm³/mol. The van der Waals surface area contributed by atoms with E-state index in [9.17, 15) is 9.59 Å². The van der Waals surface area contributed by atoms with Gasteiger partial charge in [0.1, 0.15) is 0 Å². The molecule has 0 aliphatic carbocycles. The molecule has 1 amide bonds. The molecule has 17 heavy (non-hydrogen) atoms. The van der Waals surface area contributed by atoms with Crippen LogP contribution in [0.5, 0.6) is 0 Å². The van der Waals surface area contributed by atoms with Crippen LogP contribution in [-0.2, 0) is 9.59 Å². The van der Waals surface area contributed by atoms with Crippen LogP contribution < -0.4 is 5.32 Å². The highest BCUT2D eigenvalue weighted by Crippen LogP contribution is 2.27. The number of rotatable bonds is 2. The first kappa shape index (κ1) is 12.4. The third kappa shape index (κ3) is 2.29. The minimum atomic E-state index is -0.787. The van der Waals surface area contributed by atoms with Gasteiger partial charge in [0.05, 0.1) is 11.8 Å². The molecule has 2 saturated heterocycles. The standard InChI is InChI=1S/C12H20N2O3/c1-7-3-13-4-9(7)11(15)14-5-8(2)10(6-14)12(16)17/h7-10,13H,3-6H2,1-2H3,(H,16,17)/t7-,8?,9-,10?/m1/s1. The zero-order valence-corrected chi connectivity index (χ0v) is 10.3. The number of hydrogen-bond acceptors (Lipinski definition) is 3. The van der Waals surface area contributed by atoms with Crippen molar-refractivity contribution in [2.45, 2.75) is 13.8 Å². The van der Waals surface area contributed by atoms with Crippen LogP contribution in [0.3, 0.4) is 0 Å². The molecule has 5 heteroatoms. The van der Waals surface area contributed by atoms with E-state index >= 15 is 0 Å². The van der Waals surface area contributed by atoms with Crippen molar-refractivity contribution in [1.29, 1.82) is 0 Å². The molecule has 2 rings (SSSR count). The summed E-state index contributed by atoms with van der Waals surface area (Å²) >= 11 is 0. The van der Waals surface area contributed by atoms with E-state index in [1.807, 2.05) is 6.92 Å². The average Bonchev–Trinajstić information content (AvgIpc) is 2.83. The highest BCUT2D eigenvalue weighted by molar-refractivity contribution is 5.81. The lowest BCUT2D eigenvalue weighted by Gasteiger charge is -2.22. The summed E-state index contributed by atoms with van der Waals surface area (Å²) in [5.74, 6) is -0.635. The van der Waals surface area contributed by atoms with E-state index in [1.165, 1.54) is 0 Å². The monoisotopic (exact) mass is 240 g/mol. The van der Waals surface area contributed by atoms with Crippen LogP contribution in [0.15, 0.2) is 0 Å². The first-order valence-electron chi connectivity index (χ1n) is 6.23.